The second-order valence-electron chi connectivity index (χ2n) is 5.53. The van der Waals surface area contributed by atoms with Crippen LogP contribution in [0.1, 0.15) is 15.9 Å². The molecule has 0 aliphatic heterocycles. The van der Waals surface area contributed by atoms with E-state index < -0.39 is 40.1 Å². The van der Waals surface area contributed by atoms with Crippen molar-refractivity contribution in [1.82, 2.24) is 0 Å². The molecule has 0 radical (unpaired) electrons. The number of carbonyl (C=O) groups is 1. The van der Waals surface area contributed by atoms with Crippen LogP contribution in [-0.4, -0.2) is 27.7 Å². The Kier molecular flexibility index (Phi) is 6.67. The zero-order chi connectivity index (χ0) is 21.1. The number of carbonyl (C=O) groups excluding carboxylic acids is 1. The van der Waals surface area contributed by atoms with Crippen LogP contribution in [0.4, 0.5) is 32.0 Å². The zero-order valence-electron chi connectivity index (χ0n) is 13.7. The number of hydrogen-bond acceptors (Lipinski definition) is 3. The van der Waals surface area contributed by atoms with Gasteiger partial charge in [-0.1, -0.05) is 12.1 Å². The van der Waals surface area contributed by atoms with E-state index in [9.17, 15) is 36.2 Å². The Bertz CT molecular complexity index is 857. The topological polar surface area (TPSA) is 58.6 Å². The molecule has 0 fully saturated rings. The molecule has 0 bridgehead atoms. The Morgan fingerprint density at radius 3 is 2.36 bits per heavy atom. The third kappa shape index (κ3) is 5.42. The molecule has 0 saturated heterocycles. The molecular formula is C17H12F6INO3. The highest BCUT2D eigenvalue weighted by molar-refractivity contribution is 14.1. The molecule has 0 aliphatic rings. The van der Waals surface area contributed by atoms with Crippen molar-refractivity contribution in [3.8, 4) is 11.5 Å². The second kappa shape index (κ2) is 8.45. The Balaban J connectivity index is 2.27. The molecule has 0 aromatic heterocycles. The van der Waals surface area contributed by atoms with E-state index in [0.29, 0.717) is 6.07 Å². The van der Waals surface area contributed by atoms with Crippen LogP contribution >= 0.6 is 22.6 Å². The predicted molar refractivity (Wildman–Crippen MR) is 96.9 cm³/mol. The summed E-state index contributed by atoms with van der Waals surface area (Å²) >= 11 is 0.793. The van der Waals surface area contributed by atoms with E-state index in [1.807, 2.05) is 0 Å². The third-order valence-electron chi connectivity index (χ3n) is 3.43. The van der Waals surface area contributed by atoms with Crippen molar-refractivity contribution in [2.75, 3.05) is 11.9 Å². The molecule has 2 aromatic carbocycles. The van der Waals surface area contributed by atoms with Gasteiger partial charge in [-0.15, -0.1) is 0 Å². The SMILES string of the molecule is O=C(Nc1ccc(OCC(F)(F)C(F)I)c(C(F)(F)F)c1)c1ccccc1O. The van der Waals surface area contributed by atoms with Gasteiger partial charge in [-0.3, -0.25) is 4.79 Å². The Hall–Kier alpha value is -2.18. The minimum Gasteiger partial charge on any atom is -0.507 e. The monoisotopic (exact) mass is 519 g/mol. The van der Waals surface area contributed by atoms with Crippen LogP contribution in [0.15, 0.2) is 42.5 Å². The van der Waals surface area contributed by atoms with Crippen molar-refractivity contribution >= 4 is 34.2 Å². The number of halogens is 7. The number of nitrogens with one attached hydrogen (secondary N) is 1. The summed E-state index contributed by atoms with van der Waals surface area (Å²) in [4.78, 5) is 12.1. The fraction of sp³-hybridized carbons (Fsp3) is 0.235. The summed E-state index contributed by atoms with van der Waals surface area (Å²) < 4.78 is 80.9. The van der Waals surface area contributed by atoms with Gasteiger partial charge in [0.25, 0.3) is 5.91 Å². The van der Waals surface area contributed by atoms with Gasteiger partial charge < -0.3 is 15.2 Å². The van der Waals surface area contributed by atoms with Crippen molar-refractivity contribution in [3.05, 3.63) is 53.6 Å². The molecule has 2 N–H and O–H groups in total. The number of ether oxygens (including phenoxy) is 1. The van der Waals surface area contributed by atoms with Crippen molar-refractivity contribution in [2.45, 2.75) is 16.3 Å². The van der Waals surface area contributed by atoms with Gasteiger partial charge in [0.1, 0.15) is 11.5 Å². The molecule has 1 atom stereocenters. The lowest BCUT2D eigenvalue weighted by Crippen LogP contribution is -2.33. The molecule has 0 heterocycles. The molecule has 1 unspecified atom stereocenters. The molecule has 4 nitrogen and oxygen atoms in total. The van der Waals surface area contributed by atoms with Gasteiger partial charge in [0.2, 0.25) is 4.18 Å². The largest absolute Gasteiger partial charge is 0.507 e. The average molecular weight is 519 g/mol. The number of hydrogen-bond donors (Lipinski definition) is 2. The zero-order valence-corrected chi connectivity index (χ0v) is 15.9. The second-order valence-corrected chi connectivity index (χ2v) is 6.62. The van der Waals surface area contributed by atoms with Crippen LogP contribution in [0, 0.1) is 0 Å². The van der Waals surface area contributed by atoms with E-state index in [1.54, 1.807) is 0 Å². The Morgan fingerprint density at radius 1 is 1.14 bits per heavy atom. The maximum atomic E-state index is 13.3. The van der Waals surface area contributed by atoms with E-state index in [-0.39, 0.29) is 17.0 Å². The highest BCUT2D eigenvalue weighted by Gasteiger charge is 2.41. The lowest BCUT2D eigenvalue weighted by Gasteiger charge is -2.20. The fourth-order valence-corrected chi connectivity index (χ4v) is 2.24. The number of alkyl halides is 7. The maximum Gasteiger partial charge on any atom is 0.420 e. The third-order valence-corrected chi connectivity index (χ3v) is 4.34. The number of phenols is 1. The predicted octanol–water partition coefficient (Wildman–Crippen LogP) is 5.41. The number of amides is 1. The molecule has 2 aromatic rings. The number of benzene rings is 2. The van der Waals surface area contributed by atoms with Gasteiger partial charge in [0.15, 0.2) is 6.61 Å². The van der Waals surface area contributed by atoms with Crippen LogP contribution < -0.4 is 10.1 Å². The summed E-state index contributed by atoms with van der Waals surface area (Å²) in [6, 6.07) is 7.59. The van der Waals surface area contributed by atoms with Crippen molar-refractivity contribution in [1.29, 1.82) is 0 Å². The van der Waals surface area contributed by atoms with Crippen LogP contribution in [0.25, 0.3) is 0 Å². The van der Waals surface area contributed by atoms with Gasteiger partial charge >= 0.3 is 12.1 Å². The van der Waals surface area contributed by atoms with E-state index in [1.165, 1.54) is 24.3 Å². The van der Waals surface area contributed by atoms with Gasteiger partial charge in [-0.05, 0) is 52.9 Å². The summed E-state index contributed by atoms with van der Waals surface area (Å²) in [5.41, 5.74) is -1.91. The van der Waals surface area contributed by atoms with E-state index >= 15 is 0 Å². The standard InChI is InChI=1S/C17H12F6INO3/c18-15(24)16(19,20)8-28-13-6-5-9(7-11(13)17(21,22)23)25-14(27)10-3-1-2-4-12(10)26/h1-7,15,26H,8H2,(H,25,27). The molecule has 2 rings (SSSR count). The summed E-state index contributed by atoms with van der Waals surface area (Å²) in [6.07, 6.45) is -4.99. The molecule has 1 amide bonds. The summed E-state index contributed by atoms with van der Waals surface area (Å²) in [5.74, 6) is -6.18. The van der Waals surface area contributed by atoms with Crippen molar-refractivity contribution in [2.24, 2.45) is 0 Å². The van der Waals surface area contributed by atoms with E-state index in [2.05, 4.69) is 10.1 Å². The van der Waals surface area contributed by atoms with E-state index in [0.717, 1.165) is 34.7 Å². The van der Waals surface area contributed by atoms with Crippen molar-refractivity contribution in [3.63, 3.8) is 0 Å². The normalized spacial score (nSPS) is 13.1. The number of aromatic hydroxyl groups is 1. The van der Waals surface area contributed by atoms with Gasteiger partial charge in [0, 0.05) is 5.69 Å². The lowest BCUT2D eigenvalue weighted by atomic mass is 10.1. The first-order chi connectivity index (χ1) is 12.9. The van der Waals surface area contributed by atoms with Gasteiger partial charge in [0.05, 0.1) is 11.1 Å². The highest BCUT2D eigenvalue weighted by Crippen LogP contribution is 2.39. The number of para-hydroxylation sites is 1. The lowest BCUT2D eigenvalue weighted by molar-refractivity contribution is -0.140. The first-order valence-electron chi connectivity index (χ1n) is 7.51. The quantitative estimate of drug-likeness (QED) is 0.305. The molecule has 152 valence electrons. The van der Waals surface area contributed by atoms with Crippen LogP contribution in [0.3, 0.4) is 0 Å². The number of anilines is 1. The minimum atomic E-state index is -4.99. The summed E-state index contributed by atoms with van der Waals surface area (Å²) in [7, 11) is 0. The molecule has 11 heteroatoms. The molecule has 28 heavy (non-hydrogen) atoms. The van der Waals surface area contributed by atoms with Crippen molar-refractivity contribution < 1.29 is 41.0 Å². The minimum absolute atomic E-state index is 0.174. The van der Waals surface area contributed by atoms with Gasteiger partial charge in [-0.25, -0.2) is 4.39 Å². The summed E-state index contributed by atoms with van der Waals surface area (Å²) in [6.45, 7) is -1.59. The average Bonchev–Trinajstić information content (AvgIpc) is 2.60. The van der Waals surface area contributed by atoms with Crippen LogP contribution in [0.5, 0.6) is 11.5 Å². The molecule has 0 aliphatic carbocycles. The number of rotatable bonds is 6. The Morgan fingerprint density at radius 2 is 1.79 bits per heavy atom. The Labute approximate surface area is 168 Å². The first-order valence-corrected chi connectivity index (χ1v) is 8.76. The summed E-state index contributed by atoms with van der Waals surface area (Å²) in [5, 5.41) is 11.8. The molecule has 0 spiro atoms. The van der Waals surface area contributed by atoms with Crippen LogP contribution in [0.2, 0.25) is 0 Å². The molecular weight excluding hydrogens is 507 g/mol. The smallest absolute Gasteiger partial charge is 0.420 e. The first kappa shape index (κ1) is 22.1. The number of phenolic OH excluding ortho intramolecular Hbond substituents is 1. The highest BCUT2D eigenvalue weighted by atomic mass is 127. The fourth-order valence-electron chi connectivity index (χ4n) is 2.06. The maximum absolute atomic E-state index is 13.3. The van der Waals surface area contributed by atoms with Gasteiger partial charge in [-0.2, -0.15) is 22.0 Å². The van der Waals surface area contributed by atoms with E-state index in [4.69, 9.17) is 0 Å². The van der Waals surface area contributed by atoms with Crippen LogP contribution in [-0.2, 0) is 6.18 Å². The molecule has 0 saturated carbocycles.